The second-order valence-electron chi connectivity index (χ2n) is 7.21. The molecule has 1 atom stereocenters. The fourth-order valence-electron chi connectivity index (χ4n) is 3.65. The van der Waals surface area contributed by atoms with Crippen molar-refractivity contribution in [3.8, 4) is 0 Å². The number of hydrogen-bond donors (Lipinski definition) is 1. The number of amides is 1. The van der Waals surface area contributed by atoms with Gasteiger partial charge in [-0.3, -0.25) is 4.79 Å². The van der Waals surface area contributed by atoms with Crippen LogP contribution in [0.5, 0.6) is 0 Å². The normalized spacial score (nSPS) is 16.8. The highest BCUT2D eigenvalue weighted by Crippen LogP contribution is 2.29. The Hall–Kier alpha value is -2.96. The Morgan fingerprint density at radius 3 is 2.34 bits per heavy atom. The molecule has 1 heterocycles. The number of anilines is 1. The first-order valence-electron chi connectivity index (χ1n) is 9.46. The summed E-state index contributed by atoms with van der Waals surface area (Å²) in [6.07, 6.45) is 0.333. The van der Waals surface area contributed by atoms with Crippen LogP contribution in [0.2, 0.25) is 0 Å². The van der Waals surface area contributed by atoms with Gasteiger partial charge in [0.2, 0.25) is 15.9 Å². The van der Waals surface area contributed by atoms with Crippen molar-refractivity contribution in [1.29, 1.82) is 0 Å². The zero-order valence-electron chi connectivity index (χ0n) is 16.1. The fourth-order valence-corrected chi connectivity index (χ4v) is 5.24. The van der Waals surface area contributed by atoms with Crippen molar-refractivity contribution in [1.82, 2.24) is 4.31 Å². The van der Waals surface area contributed by atoms with E-state index in [1.165, 1.54) is 4.31 Å². The quantitative estimate of drug-likeness (QED) is 0.718. The number of sulfonamides is 1. The summed E-state index contributed by atoms with van der Waals surface area (Å²) in [5.74, 6) is -0.329. The van der Waals surface area contributed by atoms with E-state index in [9.17, 15) is 13.2 Å². The summed E-state index contributed by atoms with van der Waals surface area (Å²) in [5.41, 5.74) is 3.60. The van der Waals surface area contributed by atoms with Gasteiger partial charge in [-0.2, -0.15) is 4.31 Å². The first-order valence-corrected chi connectivity index (χ1v) is 10.9. The van der Waals surface area contributed by atoms with Crippen molar-refractivity contribution >= 4 is 21.6 Å². The number of nitrogens with one attached hydrogen (secondary N) is 1. The molecule has 29 heavy (non-hydrogen) atoms. The lowest BCUT2D eigenvalue weighted by molar-refractivity contribution is -0.120. The predicted molar refractivity (Wildman–Crippen MR) is 113 cm³/mol. The van der Waals surface area contributed by atoms with Gasteiger partial charge in [0.1, 0.15) is 6.04 Å². The van der Waals surface area contributed by atoms with E-state index < -0.39 is 16.1 Å². The molecule has 0 radical (unpaired) electrons. The highest BCUT2D eigenvalue weighted by atomic mass is 32.2. The van der Waals surface area contributed by atoms with E-state index in [0.717, 1.165) is 16.7 Å². The smallest absolute Gasteiger partial charge is 0.244 e. The Morgan fingerprint density at radius 1 is 0.931 bits per heavy atom. The average Bonchev–Trinajstić information content (AvgIpc) is 2.73. The van der Waals surface area contributed by atoms with E-state index >= 15 is 0 Å². The molecule has 0 spiro atoms. The Kier molecular flexibility index (Phi) is 5.22. The highest BCUT2D eigenvalue weighted by molar-refractivity contribution is 7.89. The number of rotatable bonds is 4. The van der Waals surface area contributed by atoms with Crippen LogP contribution in [-0.4, -0.2) is 24.7 Å². The summed E-state index contributed by atoms with van der Waals surface area (Å²) in [6, 6.07) is 22.6. The minimum Gasteiger partial charge on any atom is -0.325 e. The summed E-state index contributed by atoms with van der Waals surface area (Å²) in [6.45, 7) is 2.11. The number of aryl methyl sites for hydroxylation is 1. The van der Waals surface area contributed by atoms with Crippen LogP contribution >= 0.6 is 0 Å². The molecule has 0 bridgehead atoms. The van der Waals surface area contributed by atoms with Gasteiger partial charge in [0.25, 0.3) is 0 Å². The Morgan fingerprint density at radius 2 is 1.62 bits per heavy atom. The molecule has 0 unspecified atom stereocenters. The molecule has 0 aromatic heterocycles. The van der Waals surface area contributed by atoms with Crippen LogP contribution in [-0.2, 0) is 27.8 Å². The van der Waals surface area contributed by atoms with Crippen molar-refractivity contribution < 1.29 is 13.2 Å². The minimum absolute atomic E-state index is 0.166. The monoisotopic (exact) mass is 406 g/mol. The standard InChI is InChI=1S/C23H22N2O3S/c1-17-8-7-11-20(14-17)24-23(26)22-15-18-9-5-6-10-19(18)16-25(22)29(27,28)21-12-3-2-4-13-21/h2-14,22H,15-16H2,1H3,(H,24,26)/t22-/m1/s1. The third-order valence-corrected chi connectivity index (χ3v) is 7.01. The van der Waals surface area contributed by atoms with Crippen molar-refractivity contribution in [2.45, 2.75) is 30.8 Å². The van der Waals surface area contributed by atoms with E-state index in [1.807, 2.05) is 49.4 Å². The van der Waals surface area contributed by atoms with Crippen LogP contribution in [0.1, 0.15) is 16.7 Å². The Bertz CT molecular complexity index is 1140. The molecule has 5 nitrogen and oxygen atoms in total. The summed E-state index contributed by atoms with van der Waals surface area (Å²) in [5, 5.41) is 2.89. The zero-order valence-corrected chi connectivity index (χ0v) is 16.9. The van der Waals surface area contributed by atoms with Gasteiger partial charge in [-0.05, 0) is 54.3 Å². The molecule has 4 rings (SSSR count). The molecule has 3 aromatic carbocycles. The molecule has 0 aliphatic carbocycles. The predicted octanol–water partition coefficient (Wildman–Crippen LogP) is 3.75. The number of carbonyl (C=O) groups excluding carboxylic acids is 1. The van der Waals surface area contributed by atoms with Crippen molar-refractivity contribution in [3.63, 3.8) is 0 Å². The molecule has 0 fully saturated rings. The minimum atomic E-state index is -3.83. The van der Waals surface area contributed by atoms with Crippen LogP contribution in [0.4, 0.5) is 5.69 Å². The molecule has 3 aromatic rings. The van der Waals surface area contributed by atoms with Crippen LogP contribution in [0.3, 0.4) is 0 Å². The lowest BCUT2D eigenvalue weighted by Crippen LogP contribution is -2.50. The maximum absolute atomic E-state index is 13.4. The second kappa shape index (κ2) is 7.81. The molecule has 0 saturated carbocycles. The third-order valence-electron chi connectivity index (χ3n) is 5.14. The lowest BCUT2D eigenvalue weighted by atomic mass is 9.95. The first kappa shape index (κ1) is 19.4. The van der Waals surface area contributed by atoms with Crippen LogP contribution < -0.4 is 5.32 Å². The maximum Gasteiger partial charge on any atom is 0.244 e. The molecule has 1 aliphatic rings. The van der Waals surface area contributed by atoms with Crippen LogP contribution in [0.15, 0.2) is 83.8 Å². The van der Waals surface area contributed by atoms with Crippen molar-refractivity contribution in [2.24, 2.45) is 0 Å². The summed E-state index contributed by atoms with van der Waals surface area (Å²) >= 11 is 0. The topological polar surface area (TPSA) is 66.5 Å². The Balaban J connectivity index is 1.71. The van der Waals surface area contributed by atoms with E-state index in [-0.39, 0.29) is 17.3 Å². The van der Waals surface area contributed by atoms with Crippen molar-refractivity contribution in [3.05, 3.63) is 95.6 Å². The number of fused-ring (bicyclic) bond motifs is 1. The van der Waals surface area contributed by atoms with Crippen molar-refractivity contribution in [2.75, 3.05) is 5.32 Å². The fraction of sp³-hybridized carbons (Fsp3) is 0.174. The van der Waals surface area contributed by atoms with Gasteiger partial charge in [0, 0.05) is 12.2 Å². The molecule has 1 N–H and O–H groups in total. The highest BCUT2D eigenvalue weighted by Gasteiger charge is 2.39. The third kappa shape index (κ3) is 3.95. The van der Waals surface area contributed by atoms with Gasteiger partial charge in [-0.15, -0.1) is 0 Å². The summed E-state index contributed by atoms with van der Waals surface area (Å²) < 4.78 is 28.0. The second-order valence-corrected chi connectivity index (χ2v) is 9.10. The van der Waals surface area contributed by atoms with E-state index in [4.69, 9.17) is 0 Å². The molecular formula is C23H22N2O3S. The van der Waals surface area contributed by atoms with Gasteiger partial charge in [0.15, 0.2) is 0 Å². The molecular weight excluding hydrogens is 384 g/mol. The van der Waals surface area contributed by atoms with Crippen LogP contribution in [0, 0.1) is 6.92 Å². The van der Waals surface area contributed by atoms with E-state index in [2.05, 4.69) is 5.32 Å². The SMILES string of the molecule is Cc1cccc(NC(=O)[C@H]2Cc3ccccc3CN2S(=O)(=O)c2ccccc2)c1. The van der Waals surface area contributed by atoms with Gasteiger partial charge in [0.05, 0.1) is 4.90 Å². The molecule has 1 amide bonds. The zero-order chi connectivity index (χ0) is 20.4. The maximum atomic E-state index is 13.4. The van der Waals surface area contributed by atoms with E-state index in [0.29, 0.717) is 12.1 Å². The van der Waals surface area contributed by atoms with Gasteiger partial charge in [-0.1, -0.05) is 54.6 Å². The number of benzene rings is 3. The lowest BCUT2D eigenvalue weighted by Gasteiger charge is -2.35. The van der Waals surface area contributed by atoms with Gasteiger partial charge in [-0.25, -0.2) is 8.42 Å². The number of carbonyl (C=O) groups is 1. The molecule has 0 saturated heterocycles. The number of nitrogens with zero attached hydrogens (tertiary/aromatic N) is 1. The average molecular weight is 407 g/mol. The number of hydrogen-bond acceptors (Lipinski definition) is 3. The van der Waals surface area contributed by atoms with Gasteiger partial charge < -0.3 is 5.32 Å². The molecule has 6 heteroatoms. The summed E-state index contributed by atoms with van der Waals surface area (Å²) in [7, 11) is -3.83. The van der Waals surface area contributed by atoms with Crippen LogP contribution in [0.25, 0.3) is 0 Å². The summed E-state index contributed by atoms with van der Waals surface area (Å²) in [4.78, 5) is 13.3. The van der Waals surface area contributed by atoms with E-state index in [1.54, 1.807) is 36.4 Å². The van der Waals surface area contributed by atoms with Gasteiger partial charge >= 0.3 is 0 Å². The largest absolute Gasteiger partial charge is 0.325 e. The molecule has 148 valence electrons. The first-order chi connectivity index (χ1) is 13.9. The Labute approximate surface area is 171 Å². The molecule has 1 aliphatic heterocycles.